The van der Waals surface area contributed by atoms with E-state index in [1.807, 2.05) is 10.8 Å². The molecule has 0 aliphatic carbocycles. The molecule has 0 saturated carbocycles. The Balaban J connectivity index is 2.06. The Kier molecular flexibility index (Phi) is 4.07. The molecule has 5 heteroatoms. The number of halogens is 1. The fraction of sp³-hybridized carbons (Fsp3) is 0.583. The molecule has 0 aromatic carbocycles. The number of hydrogen-bond donors (Lipinski definition) is 2. The monoisotopic (exact) mass is 255 g/mol. The van der Waals surface area contributed by atoms with E-state index in [4.69, 9.17) is 11.6 Å². The van der Waals surface area contributed by atoms with Gasteiger partial charge >= 0.3 is 0 Å². The number of aromatic nitrogens is 1. The minimum atomic E-state index is -0.0287. The second-order valence-corrected chi connectivity index (χ2v) is 4.84. The Bertz CT molecular complexity index is 396. The summed E-state index contributed by atoms with van der Waals surface area (Å²) in [6, 6.07) is 1.97. The third-order valence-corrected chi connectivity index (χ3v) is 3.16. The van der Waals surface area contributed by atoms with Crippen LogP contribution in [0.25, 0.3) is 0 Å². The van der Waals surface area contributed by atoms with Crippen LogP contribution in [0.15, 0.2) is 12.3 Å². The van der Waals surface area contributed by atoms with Crippen molar-refractivity contribution in [2.75, 3.05) is 13.1 Å². The first-order chi connectivity index (χ1) is 8.20. The van der Waals surface area contributed by atoms with E-state index in [0.29, 0.717) is 10.7 Å². The van der Waals surface area contributed by atoms with Crippen molar-refractivity contribution >= 4 is 17.5 Å². The molecule has 0 bridgehead atoms. The van der Waals surface area contributed by atoms with Crippen LogP contribution in [-0.4, -0.2) is 29.6 Å². The fourth-order valence-corrected chi connectivity index (χ4v) is 2.35. The minimum absolute atomic E-state index is 0.0287. The average Bonchev–Trinajstić information content (AvgIpc) is 2.88. The molecule has 1 aliphatic heterocycles. The smallest absolute Gasteiger partial charge is 0.268 e. The van der Waals surface area contributed by atoms with Gasteiger partial charge in [-0.05, 0) is 25.5 Å². The highest BCUT2D eigenvalue weighted by Gasteiger charge is 2.19. The van der Waals surface area contributed by atoms with Crippen molar-refractivity contribution in [1.29, 1.82) is 0 Å². The SMILES string of the molecule is CCCn1cc(Cl)cc1C(=O)N[C@H]1CCNC1. The summed E-state index contributed by atoms with van der Waals surface area (Å²) >= 11 is 5.95. The molecule has 2 rings (SSSR count). The maximum Gasteiger partial charge on any atom is 0.268 e. The molecule has 1 amide bonds. The van der Waals surface area contributed by atoms with E-state index in [1.54, 1.807) is 6.07 Å². The van der Waals surface area contributed by atoms with E-state index in [1.165, 1.54) is 0 Å². The van der Waals surface area contributed by atoms with Crippen LogP contribution >= 0.6 is 11.6 Å². The molecule has 4 nitrogen and oxygen atoms in total. The molecule has 0 unspecified atom stereocenters. The molecule has 2 heterocycles. The summed E-state index contributed by atoms with van der Waals surface area (Å²) in [7, 11) is 0. The molecule has 94 valence electrons. The number of amides is 1. The average molecular weight is 256 g/mol. The summed E-state index contributed by atoms with van der Waals surface area (Å²) in [5.74, 6) is -0.0287. The first-order valence-corrected chi connectivity index (χ1v) is 6.45. The van der Waals surface area contributed by atoms with Gasteiger partial charge in [-0.15, -0.1) is 0 Å². The molecule has 2 N–H and O–H groups in total. The third kappa shape index (κ3) is 3.01. The normalized spacial score (nSPS) is 19.5. The van der Waals surface area contributed by atoms with E-state index in [9.17, 15) is 4.79 Å². The lowest BCUT2D eigenvalue weighted by atomic mass is 10.2. The fourth-order valence-electron chi connectivity index (χ4n) is 2.13. The minimum Gasteiger partial charge on any atom is -0.347 e. The van der Waals surface area contributed by atoms with Crippen LogP contribution in [-0.2, 0) is 6.54 Å². The van der Waals surface area contributed by atoms with E-state index < -0.39 is 0 Å². The van der Waals surface area contributed by atoms with Gasteiger partial charge in [0.05, 0.1) is 5.02 Å². The Morgan fingerprint density at radius 2 is 2.53 bits per heavy atom. The third-order valence-electron chi connectivity index (χ3n) is 2.96. The Hall–Kier alpha value is -1.00. The van der Waals surface area contributed by atoms with Gasteiger partial charge in [-0.3, -0.25) is 4.79 Å². The van der Waals surface area contributed by atoms with Crippen LogP contribution in [0.4, 0.5) is 0 Å². The zero-order valence-electron chi connectivity index (χ0n) is 10.0. The summed E-state index contributed by atoms with van der Waals surface area (Å²) in [6.07, 6.45) is 3.79. The topological polar surface area (TPSA) is 46.1 Å². The van der Waals surface area contributed by atoms with E-state index >= 15 is 0 Å². The molecular weight excluding hydrogens is 238 g/mol. The van der Waals surface area contributed by atoms with Gasteiger partial charge in [-0.1, -0.05) is 18.5 Å². The van der Waals surface area contributed by atoms with Crippen LogP contribution in [0.2, 0.25) is 5.02 Å². The highest BCUT2D eigenvalue weighted by atomic mass is 35.5. The number of nitrogens with one attached hydrogen (secondary N) is 2. The van der Waals surface area contributed by atoms with Crippen molar-refractivity contribution in [1.82, 2.24) is 15.2 Å². The molecule has 1 saturated heterocycles. The number of carbonyl (C=O) groups excluding carboxylic acids is 1. The predicted molar refractivity (Wildman–Crippen MR) is 68.5 cm³/mol. The van der Waals surface area contributed by atoms with E-state index in [-0.39, 0.29) is 11.9 Å². The summed E-state index contributed by atoms with van der Waals surface area (Å²) in [5, 5.41) is 6.87. The van der Waals surface area contributed by atoms with Gasteiger partial charge in [0.2, 0.25) is 0 Å². The van der Waals surface area contributed by atoms with Crippen LogP contribution in [0.5, 0.6) is 0 Å². The van der Waals surface area contributed by atoms with Gasteiger partial charge in [0, 0.05) is 25.3 Å². The van der Waals surface area contributed by atoms with Gasteiger partial charge in [0.25, 0.3) is 5.91 Å². The van der Waals surface area contributed by atoms with E-state index in [2.05, 4.69) is 17.6 Å². The van der Waals surface area contributed by atoms with Gasteiger partial charge in [-0.25, -0.2) is 0 Å². The van der Waals surface area contributed by atoms with Crippen LogP contribution in [0, 0.1) is 0 Å². The Morgan fingerprint density at radius 3 is 3.18 bits per heavy atom. The highest BCUT2D eigenvalue weighted by molar-refractivity contribution is 6.31. The Labute approximate surface area is 106 Å². The molecule has 1 atom stereocenters. The summed E-state index contributed by atoms with van der Waals surface area (Å²) in [6.45, 7) is 4.73. The summed E-state index contributed by atoms with van der Waals surface area (Å²) < 4.78 is 1.92. The Morgan fingerprint density at radius 1 is 1.71 bits per heavy atom. The first-order valence-electron chi connectivity index (χ1n) is 6.08. The van der Waals surface area contributed by atoms with Crippen molar-refractivity contribution in [2.45, 2.75) is 32.4 Å². The number of carbonyl (C=O) groups is 1. The number of aryl methyl sites for hydroxylation is 1. The lowest BCUT2D eigenvalue weighted by Gasteiger charge is -2.12. The number of nitrogens with zero attached hydrogens (tertiary/aromatic N) is 1. The van der Waals surface area contributed by atoms with Crippen LogP contribution in [0.1, 0.15) is 30.3 Å². The number of rotatable bonds is 4. The van der Waals surface area contributed by atoms with Crippen LogP contribution < -0.4 is 10.6 Å². The molecule has 1 fully saturated rings. The van der Waals surface area contributed by atoms with Crippen molar-refractivity contribution in [2.24, 2.45) is 0 Å². The lowest BCUT2D eigenvalue weighted by Crippen LogP contribution is -2.37. The molecule has 17 heavy (non-hydrogen) atoms. The second-order valence-electron chi connectivity index (χ2n) is 4.40. The lowest BCUT2D eigenvalue weighted by molar-refractivity contribution is 0.0930. The van der Waals surface area contributed by atoms with Gasteiger partial charge in [0.1, 0.15) is 5.69 Å². The highest BCUT2D eigenvalue weighted by Crippen LogP contribution is 2.15. The second kappa shape index (κ2) is 5.56. The molecular formula is C12H18ClN3O. The van der Waals surface area contributed by atoms with Gasteiger partial charge in [0.15, 0.2) is 0 Å². The molecule has 0 spiro atoms. The maximum atomic E-state index is 12.1. The van der Waals surface area contributed by atoms with E-state index in [0.717, 1.165) is 32.5 Å². The van der Waals surface area contributed by atoms with Gasteiger partial charge in [-0.2, -0.15) is 0 Å². The molecule has 0 radical (unpaired) electrons. The van der Waals surface area contributed by atoms with Crippen LogP contribution in [0.3, 0.4) is 0 Å². The molecule has 1 aromatic heterocycles. The predicted octanol–water partition coefficient (Wildman–Crippen LogP) is 1.64. The zero-order chi connectivity index (χ0) is 12.3. The molecule has 1 aromatic rings. The first kappa shape index (κ1) is 12.5. The summed E-state index contributed by atoms with van der Waals surface area (Å²) in [4.78, 5) is 12.1. The summed E-state index contributed by atoms with van der Waals surface area (Å²) in [5.41, 5.74) is 0.656. The van der Waals surface area contributed by atoms with Crippen molar-refractivity contribution < 1.29 is 4.79 Å². The largest absolute Gasteiger partial charge is 0.347 e. The van der Waals surface area contributed by atoms with Crippen molar-refractivity contribution in [3.8, 4) is 0 Å². The quantitative estimate of drug-likeness (QED) is 0.859. The number of hydrogen-bond acceptors (Lipinski definition) is 2. The van der Waals surface area contributed by atoms with Crippen molar-refractivity contribution in [3.05, 3.63) is 23.0 Å². The van der Waals surface area contributed by atoms with Gasteiger partial charge < -0.3 is 15.2 Å². The zero-order valence-corrected chi connectivity index (χ0v) is 10.8. The standard InChI is InChI=1S/C12H18ClN3O/c1-2-5-16-8-9(13)6-11(16)12(17)15-10-3-4-14-7-10/h6,8,10,14H,2-5,7H2,1H3,(H,15,17)/t10-/m0/s1. The molecule has 1 aliphatic rings. The maximum absolute atomic E-state index is 12.1. The van der Waals surface area contributed by atoms with Crippen molar-refractivity contribution in [3.63, 3.8) is 0 Å².